The lowest BCUT2D eigenvalue weighted by Gasteiger charge is -2.39. The summed E-state index contributed by atoms with van der Waals surface area (Å²) in [5, 5.41) is 0. The highest BCUT2D eigenvalue weighted by Crippen LogP contribution is 2.25. The Labute approximate surface area is 191 Å². The minimum absolute atomic E-state index is 0.0295. The number of piperazine rings is 1. The Morgan fingerprint density at radius 3 is 2.19 bits per heavy atom. The molecule has 2 fully saturated rings. The van der Waals surface area contributed by atoms with Gasteiger partial charge in [-0.15, -0.1) is 0 Å². The van der Waals surface area contributed by atoms with E-state index in [-0.39, 0.29) is 17.7 Å². The van der Waals surface area contributed by atoms with Crippen LogP contribution in [0.15, 0.2) is 54.6 Å². The minimum Gasteiger partial charge on any atom is -0.368 e. The molecule has 0 atom stereocenters. The molecular formula is C27H33N3O2. The predicted molar refractivity (Wildman–Crippen MR) is 129 cm³/mol. The van der Waals surface area contributed by atoms with Crippen molar-refractivity contribution in [3.63, 3.8) is 0 Å². The second-order valence-electron chi connectivity index (χ2n) is 8.87. The third kappa shape index (κ3) is 5.04. The lowest BCUT2D eigenvalue weighted by molar-refractivity contribution is -0.139. The topological polar surface area (TPSA) is 43.9 Å². The number of hydrogen-bond acceptors (Lipinski definition) is 3. The zero-order valence-corrected chi connectivity index (χ0v) is 19.2. The molecule has 168 valence electrons. The number of nitrogens with zero attached hydrogens (tertiary/aromatic N) is 3. The molecule has 0 radical (unpaired) electrons. The number of amides is 2. The van der Waals surface area contributed by atoms with E-state index in [0.717, 1.165) is 44.6 Å². The molecule has 2 heterocycles. The SMILES string of the molecule is Cc1cccc(N2CCN(C(=O)C3CCN(C(=O)C=Cc4ccccc4)CC3)CC2)c1C. The van der Waals surface area contributed by atoms with Crippen molar-refractivity contribution in [3.8, 4) is 0 Å². The number of piperidine rings is 1. The monoisotopic (exact) mass is 431 g/mol. The molecule has 32 heavy (non-hydrogen) atoms. The van der Waals surface area contributed by atoms with E-state index < -0.39 is 0 Å². The van der Waals surface area contributed by atoms with E-state index in [1.165, 1.54) is 16.8 Å². The molecule has 0 aromatic heterocycles. The van der Waals surface area contributed by atoms with Crippen LogP contribution in [0.25, 0.3) is 6.08 Å². The van der Waals surface area contributed by atoms with Gasteiger partial charge in [0.25, 0.3) is 0 Å². The van der Waals surface area contributed by atoms with Crippen LogP contribution in [0.1, 0.15) is 29.5 Å². The van der Waals surface area contributed by atoms with Gasteiger partial charge in [0, 0.05) is 56.9 Å². The fourth-order valence-electron chi connectivity index (χ4n) is 4.69. The fourth-order valence-corrected chi connectivity index (χ4v) is 4.69. The summed E-state index contributed by atoms with van der Waals surface area (Å²) >= 11 is 0. The van der Waals surface area contributed by atoms with Gasteiger partial charge >= 0.3 is 0 Å². The molecule has 5 nitrogen and oxygen atoms in total. The molecule has 2 aliphatic rings. The Bertz CT molecular complexity index is 970. The highest BCUT2D eigenvalue weighted by atomic mass is 16.2. The lowest BCUT2D eigenvalue weighted by Crippen LogP contribution is -2.52. The first-order valence-corrected chi connectivity index (χ1v) is 11.6. The van der Waals surface area contributed by atoms with Crippen molar-refractivity contribution >= 4 is 23.6 Å². The lowest BCUT2D eigenvalue weighted by atomic mass is 9.94. The summed E-state index contributed by atoms with van der Waals surface area (Å²) in [5.74, 6) is 0.323. The summed E-state index contributed by atoms with van der Waals surface area (Å²) in [7, 11) is 0. The average molecular weight is 432 g/mol. The second kappa shape index (κ2) is 10.0. The molecule has 2 saturated heterocycles. The molecule has 2 aliphatic heterocycles. The Morgan fingerprint density at radius 1 is 0.812 bits per heavy atom. The molecule has 5 heteroatoms. The molecular weight excluding hydrogens is 398 g/mol. The summed E-state index contributed by atoms with van der Waals surface area (Å²) in [4.78, 5) is 31.9. The third-order valence-electron chi connectivity index (χ3n) is 6.88. The van der Waals surface area contributed by atoms with Gasteiger partial charge in [0.2, 0.25) is 11.8 Å². The normalized spacial score (nSPS) is 17.8. The van der Waals surface area contributed by atoms with Crippen LogP contribution >= 0.6 is 0 Å². The summed E-state index contributed by atoms with van der Waals surface area (Å²) in [6, 6.07) is 16.3. The van der Waals surface area contributed by atoms with Crippen LogP contribution in [0.4, 0.5) is 5.69 Å². The van der Waals surface area contributed by atoms with Crippen LogP contribution < -0.4 is 4.90 Å². The van der Waals surface area contributed by atoms with Crippen molar-refractivity contribution in [2.75, 3.05) is 44.2 Å². The van der Waals surface area contributed by atoms with Crippen molar-refractivity contribution in [2.45, 2.75) is 26.7 Å². The maximum absolute atomic E-state index is 13.1. The quantitative estimate of drug-likeness (QED) is 0.690. The second-order valence-corrected chi connectivity index (χ2v) is 8.87. The first-order chi connectivity index (χ1) is 15.5. The minimum atomic E-state index is 0.0295. The average Bonchev–Trinajstić information content (AvgIpc) is 2.85. The van der Waals surface area contributed by atoms with Gasteiger partial charge in [0.05, 0.1) is 0 Å². The van der Waals surface area contributed by atoms with Crippen molar-refractivity contribution in [3.05, 3.63) is 71.3 Å². The van der Waals surface area contributed by atoms with E-state index in [2.05, 4.69) is 36.9 Å². The molecule has 2 aromatic rings. The van der Waals surface area contributed by atoms with Crippen molar-refractivity contribution < 1.29 is 9.59 Å². The molecule has 0 N–H and O–H groups in total. The van der Waals surface area contributed by atoms with Crippen LogP contribution in [0.2, 0.25) is 0 Å². The van der Waals surface area contributed by atoms with Crippen molar-refractivity contribution in [1.82, 2.24) is 9.80 Å². The number of carbonyl (C=O) groups is 2. The summed E-state index contributed by atoms with van der Waals surface area (Å²) in [6.45, 7) is 8.90. The first kappa shape index (κ1) is 22.1. The van der Waals surface area contributed by atoms with Crippen molar-refractivity contribution in [2.24, 2.45) is 5.92 Å². The molecule has 2 amide bonds. The van der Waals surface area contributed by atoms with Crippen LogP contribution in [0.5, 0.6) is 0 Å². The summed E-state index contributed by atoms with van der Waals surface area (Å²) in [6.07, 6.45) is 5.00. The largest absolute Gasteiger partial charge is 0.368 e. The number of hydrogen-bond donors (Lipinski definition) is 0. The maximum Gasteiger partial charge on any atom is 0.246 e. The van der Waals surface area contributed by atoms with E-state index in [1.807, 2.05) is 46.2 Å². The Kier molecular flexibility index (Phi) is 6.93. The van der Waals surface area contributed by atoms with Gasteiger partial charge in [-0.3, -0.25) is 9.59 Å². The van der Waals surface area contributed by atoms with E-state index in [4.69, 9.17) is 0 Å². The molecule has 0 unspecified atom stereocenters. The highest BCUT2D eigenvalue weighted by molar-refractivity contribution is 5.92. The number of rotatable bonds is 4. The van der Waals surface area contributed by atoms with Gasteiger partial charge in [-0.25, -0.2) is 0 Å². The van der Waals surface area contributed by atoms with Gasteiger partial charge in [-0.05, 0) is 55.5 Å². The number of aryl methyl sites for hydroxylation is 1. The molecule has 0 spiro atoms. The Hall–Kier alpha value is -3.08. The van der Waals surface area contributed by atoms with Gasteiger partial charge in [0.1, 0.15) is 0 Å². The molecule has 2 aromatic carbocycles. The van der Waals surface area contributed by atoms with E-state index in [1.54, 1.807) is 6.08 Å². The smallest absolute Gasteiger partial charge is 0.246 e. The highest BCUT2D eigenvalue weighted by Gasteiger charge is 2.31. The van der Waals surface area contributed by atoms with Crippen LogP contribution in [0, 0.1) is 19.8 Å². The third-order valence-corrected chi connectivity index (χ3v) is 6.88. The molecule has 0 bridgehead atoms. The van der Waals surface area contributed by atoms with Gasteiger partial charge in [0.15, 0.2) is 0 Å². The zero-order valence-electron chi connectivity index (χ0n) is 19.2. The van der Waals surface area contributed by atoms with Crippen LogP contribution in [0.3, 0.4) is 0 Å². The predicted octanol–water partition coefficient (Wildman–Crippen LogP) is 3.90. The van der Waals surface area contributed by atoms with Crippen molar-refractivity contribution in [1.29, 1.82) is 0 Å². The van der Waals surface area contributed by atoms with Gasteiger partial charge in [-0.1, -0.05) is 42.5 Å². The Balaban J connectivity index is 1.25. The fraction of sp³-hybridized carbons (Fsp3) is 0.407. The Morgan fingerprint density at radius 2 is 1.50 bits per heavy atom. The number of anilines is 1. The number of benzene rings is 2. The summed E-state index contributed by atoms with van der Waals surface area (Å²) in [5.41, 5.74) is 4.94. The first-order valence-electron chi connectivity index (χ1n) is 11.6. The van der Waals surface area contributed by atoms with E-state index in [0.29, 0.717) is 13.1 Å². The summed E-state index contributed by atoms with van der Waals surface area (Å²) < 4.78 is 0. The van der Waals surface area contributed by atoms with Crippen LogP contribution in [-0.4, -0.2) is 60.9 Å². The van der Waals surface area contributed by atoms with Crippen LogP contribution in [-0.2, 0) is 9.59 Å². The zero-order chi connectivity index (χ0) is 22.5. The van der Waals surface area contributed by atoms with E-state index >= 15 is 0 Å². The number of carbonyl (C=O) groups excluding carboxylic acids is 2. The molecule has 4 rings (SSSR count). The number of likely N-dealkylation sites (tertiary alicyclic amines) is 1. The standard InChI is InChI=1S/C27H33N3O2/c1-21-7-6-10-25(22(21)2)28-17-19-30(20-18-28)27(32)24-13-15-29(16-14-24)26(31)12-11-23-8-4-3-5-9-23/h3-12,24H,13-20H2,1-2H3. The molecule has 0 saturated carbocycles. The molecule has 0 aliphatic carbocycles. The maximum atomic E-state index is 13.1. The van der Waals surface area contributed by atoms with Gasteiger partial charge < -0.3 is 14.7 Å². The van der Waals surface area contributed by atoms with Gasteiger partial charge in [-0.2, -0.15) is 0 Å². The van der Waals surface area contributed by atoms with E-state index in [9.17, 15) is 9.59 Å².